The number of methoxy groups -OCH3 is 1. The highest BCUT2D eigenvalue weighted by molar-refractivity contribution is 7.89. The van der Waals surface area contributed by atoms with Gasteiger partial charge in [0.25, 0.3) is 0 Å². The van der Waals surface area contributed by atoms with Crippen LogP contribution in [0.25, 0.3) is 0 Å². The van der Waals surface area contributed by atoms with E-state index >= 15 is 0 Å². The van der Waals surface area contributed by atoms with Gasteiger partial charge < -0.3 is 10.1 Å². The second-order valence-electron chi connectivity index (χ2n) is 8.54. The Hall–Kier alpha value is -2.23. The van der Waals surface area contributed by atoms with Crippen LogP contribution in [0.1, 0.15) is 48.2 Å². The molecule has 3 rings (SSSR count). The smallest absolute Gasteiger partial charge is 0.341 e. The molecule has 1 aliphatic rings. The van der Waals surface area contributed by atoms with Crippen LogP contribution in [0.5, 0.6) is 0 Å². The first-order valence-corrected chi connectivity index (χ1v) is 13.0. The number of nitrogens with one attached hydrogen (secondary N) is 1. The van der Waals surface area contributed by atoms with Crippen molar-refractivity contribution in [2.45, 2.75) is 44.9 Å². The summed E-state index contributed by atoms with van der Waals surface area (Å²) in [5.74, 6) is -0.617. The molecule has 7 nitrogen and oxygen atoms in total. The van der Waals surface area contributed by atoms with Crippen molar-refractivity contribution in [3.63, 3.8) is 0 Å². The number of amides is 1. The summed E-state index contributed by atoms with van der Waals surface area (Å²) in [6, 6.07) is 6.79. The van der Waals surface area contributed by atoms with Crippen molar-refractivity contribution in [3.05, 3.63) is 46.3 Å². The number of ether oxygens (including phenoxy) is 1. The molecule has 1 aromatic heterocycles. The van der Waals surface area contributed by atoms with Crippen molar-refractivity contribution in [2.24, 2.45) is 11.8 Å². The lowest BCUT2D eigenvalue weighted by Gasteiger charge is -2.30. The molecule has 0 spiro atoms. The van der Waals surface area contributed by atoms with Crippen molar-refractivity contribution in [3.8, 4) is 0 Å². The predicted molar refractivity (Wildman–Crippen MR) is 125 cm³/mol. The minimum Gasteiger partial charge on any atom is -0.465 e. The molecule has 0 radical (unpaired) electrons. The van der Waals surface area contributed by atoms with E-state index in [-0.39, 0.29) is 29.8 Å². The Morgan fingerprint density at radius 3 is 2.38 bits per heavy atom. The summed E-state index contributed by atoms with van der Waals surface area (Å²) in [4.78, 5) is 25.5. The fourth-order valence-electron chi connectivity index (χ4n) is 3.83. The molecule has 174 valence electrons. The summed E-state index contributed by atoms with van der Waals surface area (Å²) in [6.07, 6.45) is 1.56. The molecular formula is C23H30N2O5S2. The molecule has 1 saturated heterocycles. The fraction of sp³-hybridized carbons (Fsp3) is 0.478. The van der Waals surface area contributed by atoms with Gasteiger partial charge in [-0.05, 0) is 55.2 Å². The number of esters is 1. The number of carbonyl (C=O) groups is 2. The van der Waals surface area contributed by atoms with Crippen LogP contribution in [0, 0.1) is 18.8 Å². The number of rotatable bonds is 7. The SMILES string of the molecule is COC(=O)c1c(CC(C)C)csc1NC(=O)C1CCN(S(=O)(=O)c2ccc(C)cc2)CC1. The Bertz CT molecular complexity index is 1070. The highest BCUT2D eigenvalue weighted by atomic mass is 32.2. The Morgan fingerprint density at radius 2 is 1.81 bits per heavy atom. The molecule has 1 fully saturated rings. The van der Waals surface area contributed by atoms with Crippen LogP contribution < -0.4 is 5.32 Å². The molecule has 0 bridgehead atoms. The van der Waals surface area contributed by atoms with Gasteiger partial charge in [-0.2, -0.15) is 4.31 Å². The number of piperidine rings is 1. The van der Waals surface area contributed by atoms with E-state index in [0.29, 0.717) is 35.7 Å². The number of benzene rings is 1. The molecule has 1 aromatic carbocycles. The van der Waals surface area contributed by atoms with Gasteiger partial charge in [-0.1, -0.05) is 31.5 Å². The first kappa shape index (κ1) is 24.4. The second kappa shape index (κ2) is 10.1. The number of hydrogen-bond donors (Lipinski definition) is 1. The van der Waals surface area contributed by atoms with Crippen molar-refractivity contribution in [1.29, 1.82) is 0 Å². The maximum absolute atomic E-state index is 12.9. The third kappa shape index (κ3) is 5.39. The third-order valence-corrected chi connectivity index (χ3v) is 8.46. The molecular weight excluding hydrogens is 448 g/mol. The van der Waals surface area contributed by atoms with Crippen LogP contribution in [0.4, 0.5) is 5.00 Å². The van der Waals surface area contributed by atoms with E-state index in [1.165, 1.54) is 22.8 Å². The molecule has 9 heteroatoms. The lowest BCUT2D eigenvalue weighted by molar-refractivity contribution is -0.120. The van der Waals surface area contributed by atoms with Crippen LogP contribution in [0.3, 0.4) is 0 Å². The molecule has 2 aromatic rings. The first-order valence-electron chi connectivity index (χ1n) is 10.7. The van der Waals surface area contributed by atoms with Crippen LogP contribution in [0.2, 0.25) is 0 Å². The Balaban J connectivity index is 1.67. The molecule has 0 saturated carbocycles. The normalized spacial score (nSPS) is 15.7. The summed E-state index contributed by atoms with van der Waals surface area (Å²) in [6.45, 7) is 6.60. The molecule has 1 amide bonds. The topological polar surface area (TPSA) is 92.8 Å². The van der Waals surface area contributed by atoms with Gasteiger partial charge in [-0.3, -0.25) is 4.79 Å². The van der Waals surface area contributed by atoms with E-state index in [1.54, 1.807) is 24.3 Å². The lowest BCUT2D eigenvalue weighted by Crippen LogP contribution is -2.41. The number of hydrogen-bond acceptors (Lipinski definition) is 6. The van der Waals surface area contributed by atoms with Crippen LogP contribution in [-0.4, -0.2) is 44.8 Å². The van der Waals surface area contributed by atoms with Crippen molar-refractivity contribution >= 4 is 38.2 Å². The molecule has 1 N–H and O–H groups in total. The van der Waals surface area contributed by atoms with Gasteiger partial charge >= 0.3 is 5.97 Å². The summed E-state index contributed by atoms with van der Waals surface area (Å²) < 4.78 is 32.1. The maximum atomic E-state index is 12.9. The van der Waals surface area contributed by atoms with E-state index in [2.05, 4.69) is 19.2 Å². The number of nitrogens with zero attached hydrogens (tertiary/aromatic N) is 1. The molecule has 0 unspecified atom stereocenters. The van der Waals surface area contributed by atoms with E-state index in [4.69, 9.17) is 4.74 Å². The highest BCUT2D eigenvalue weighted by Crippen LogP contribution is 2.32. The summed E-state index contributed by atoms with van der Waals surface area (Å²) in [5.41, 5.74) is 2.28. The molecule has 0 atom stereocenters. The first-order chi connectivity index (χ1) is 15.1. The lowest BCUT2D eigenvalue weighted by atomic mass is 9.97. The number of aryl methyl sites for hydroxylation is 1. The van der Waals surface area contributed by atoms with Gasteiger partial charge in [0.15, 0.2) is 0 Å². The van der Waals surface area contributed by atoms with Gasteiger partial charge in [0.1, 0.15) is 5.00 Å². The number of anilines is 1. The van der Waals surface area contributed by atoms with Crippen LogP contribution in [-0.2, 0) is 26.0 Å². The maximum Gasteiger partial charge on any atom is 0.341 e. The second-order valence-corrected chi connectivity index (χ2v) is 11.4. The van der Waals surface area contributed by atoms with Crippen molar-refractivity contribution in [2.75, 3.05) is 25.5 Å². The zero-order chi connectivity index (χ0) is 23.5. The van der Waals surface area contributed by atoms with Crippen molar-refractivity contribution in [1.82, 2.24) is 4.31 Å². The third-order valence-electron chi connectivity index (χ3n) is 5.61. The monoisotopic (exact) mass is 478 g/mol. The molecule has 2 heterocycles. The predicted octanol–water partition coefficient (Wildman–Crippen LogP) is 4.08. The number of carbonyl (C=O) groups excluding carboxylic acids is 2. The Morgan fingerprint density at radius 1 is 1.19 bits per heavy atom. The molecule has 0 aliphatic carbocycles. The summed E-state index contributed by atoms with van der Waals surface area (Å²) >= 11 is 1.32. The summed E-state index contributed by atoms with van der Waals surface area (Å²) in [5, 5.41) is 5.27. The van der Waals surface area contributed by atoms with E-state index in [9.17, 15) is 18.0 Å². The van der Waals surface area contributed by atoms with Crippen LogP contribution >= 0.6 is 11.3 Å². The van der Waals surface area contributed by atoms with E-state index < -0.39 is 16.0 Å². The van der Waals surface area contributed by atoms with E-state index in [0.717, 1.165) is 11.1 Å². The van der Waals surface area contributed by atoms with Crippen LogP contribution in [0.15, 0.2) is 34.5 Å². The van der Waals surface area contributed by atoms with Gasteiger partial charge in [0.2, 0.25) is 15.9 Å². The Labute approximate surface area is 193 Å². The zero-order valence-corrected chi connectivity index (χ0v) is 20.5. The highest BCUT2D eigenvalue weighted by Gasteiger charge is 2.33. The average molecular weight is 479 g/mol. The van der Waals surface area contributed by atoms with Gasteiger partial charge in [-0.25, -0.2) is 13.2 Å². The van der Waals surface area contributed by atoms with Crippen molar-refractivity contribution < 1.29 is 22.7 Å². The molecule has 1 aliphatic heterocycles. The minimum absolute atomic E-state index is 0.194. The quantitative estimate of drug-likeness (QED) is 0.606. The zero-order valence-electron chi connectivity index (χ0n) is 18.9. The number of sulfonamides is 1. The number of thiophene rings is 1. The van der Waals surface area contributed by atoms with E-state index in [1.807, 2.05) is 12.3 Å². The largest absolute Gasteiger partial charge is 0.465 e. The van der Waals surface area contributed by atoms with Gasteiger partial charge in [0, 0.05) is 19.0 Å². The molecule has 32 heavy (non-hydrogen) atoms. The standard InChI is InChI=1S/C23H30N2O5S2/c1-15(2)13-18-14-31-22(20(18)23(27)30-4)24-21(26)17-9-11-25(12-10-17)32(28,29)19-7-5-16(3)6-8-19/h5-8,14-15,17H,9-13H2,1-4H3,(H,24,26). The minimum atomic E-state index is -3.57. The van der Waals surface area contributed by atoms with Gasteiger partial charge in [0.05, 0.1) is 17.6 Å². The van der Waals surface area contributed by atoms with Gasteiger partial charge in [-0.15, -0.1) is 11.3 Å². The summed E-state index contributed by atoms with van der Waals surface area (Å²) in [7, 11) is -2.25. The Kier molecular flexibility index (Phi) is 7.74. The fourth-order valence-corrected chi connectivity index (χ4v) is 6.27. The average Bonchev–Trinajstić information content (AvgIpc) is 3.14.